The Labute approximate surface area is 92.9 Å². The smallest absolute Gasteiger partial charge is 0.214 e. The molecule has 0 atom stereocenters. The quantitative estimate of drug-likeness (QED) is 0.511. The number of pyridine rings is 1. The molecule has 0 saturated heterocycles. The Hall–Kier alpha value is -2.55. The third-order valence-corrected chi connectivity index (χ3v) is 1.75. The topological polar surface area (TPSA) is 108 Å². The van der Waals surface area contributed by atoms with Gasteiger partial charge in [0.2, 0.25) is 5.88 Å². The summed E-state index contributed by atoms with van der Waals surface area (Å²) in [6, 6.07) is 6.89. The number of methoxy groups -OCH3 is 1. The maximum atomic E-state index is 8.65. The maximum absolute atomic E-state index is 8.65. The number of nitrogens with two attached hydrogens (primary N) is 1. The molecule has 82 valence electrons. The molecule has 6 nitrogen and oxygen atoms in total. The Morgan fingerprint density at radius 1 is 1.69 bits per heavy atom. The number of hydrogen-bond acceptors (Lipinski definition) is 6. The van der Waals surface area contributed by atoms with Crippen LogP contribution in [-0.4, -0.2) is 18.3 Å². The maximum Gasteiger partial charge on any atom is 0.214 e. The van der Waals surface area contributed by atoms with E-state index >= 15 is 0 Å². The second kappa shape index (κ2) is 5.36. The Morgan fingerprint density at radius 2 is 2.44 bits per heavy atom. The number of nitrogens with zero attached hydrogens (tertiary/aromatic N) is 2. The van der Waals surface area contributed by atoms with E-state index in [1.165, 1.54) is 7.11 Å². The van der Waals surface area contributed by atoms with Crippen LogP contribution in [0.25, 0.3) is 0 Å². The van der Waals surface area contributed by atoms with E-state index in [4.69, 9.17) is 21.1 Å². The fourth-order valence-electron chi connectivity index (χ4n) is 0.974. The molecule has 0 radical (unpaired) electrons. The number of hydrogen-bond donors (Lipinski definition) is 3. The zero-order chi connectivity index (χ0) is 12.0. The van der Waals surface area contributed by atoms with Crippen LogP contribution >= 0.6 is 0 Å². The summed E-state index contributed by atoms with van der Waals surface area (Å²) < 4.78 is 4.93. The molecule has 0 fully saturated rings. The highest BCUT2D eigenvalue weighted by molar-refractivity contribution is 5.83. The Balaban J connectivity index is 2.93. The van der Waals surface area contributed by atoms with Crippen LogP contribution in [0.5, 0.6) is 5.88 Å². The van der Waals surface area contributed by atoms with Gasteiger partial charge in [-0.05, 0) is 6.07 Å². The second-order valence-corrected chi connectivity index (χ2v) is 2.77. The van der Waals surface area contributed by atoms with E-state index in [-0.39, 0.29) is 11.4 Å². The minimum absolute atomic E-state index is 0.0459. The van der Waals surface area contributed by atoms with E-state index < -0.39 is 0 Å². The van der Waals surface area contributed by atoms with Crippen molar-refractivity contribution in [3.8, 4) is 11.9 Å². The normalized spacial score (nSPS) is 11.0. The van der Waals surface area contributed by atoms with Crippen LogP contribution < -0.4 is 15.8 Å². The minimum Gasteiger partial charge on any atom is -0.481 e. The van der Waals surface area contributed by atoms with Gasteiger partial charge in [-0.15, -0.1) is 0 Å². The highest BCUT2D eigenvalue weighted by Gasteiger charge is 2.02. The lowest BCUT2D eigenvalue weighted by Crippen LogP contribution is -2.13. The lowest BCUT2D eigenvalue weighted by molar-refractivity contribution is 0.398. The summed E-state index contributed by atoms with van der Waals surface area (Å²) in [5.74, 6) is 0.968. The lowest BCUT2D eigenvalue weighted by atomic mass is 10.3. The molecule has 1 aromatic rings. The standard InChI is InChI=1S/C10H11N5O/c1-16-9-4-2-3-8(14-9)15-10(13)7(5-11)6-12/h2-5,11H,13H2,1H3,(H,14,15)/b10-7+,11-5?. The van der Waals surface area contributed by atoms with Gasteiger partial charge in [0.25, 0.3) is 0 Å². The number of nitrogens with one attached hydrogen (secondary N) is 2. The molecule has 0 unspecified atom stereocenters. The van der Waals surface area contributed by atoms with Crippen LogP contribution in [0.3, 0.4) is 0 Å². The van der Waals surface area contributed by atoms with Crippen molar-refractivity contribution in [2.75, 3.05) is 12.4 Å². The van der Waals surface area contributed by atoms with Gasteiger partial charge < -0.3 is 21.2 Å². The molecule has 0 amide bonds. The van der Waals surface area contributed by atoms with Crippen molar-refractivity contribution in [3.05, 3.63) is 29.6 Å². The van der Waals surface area contributed by atoms with Crippen LogP contribution in [0, 0.1) is 16.7 Å². The lowest BCUT2D eigenvalue weighted by Gasteiger charge is -2.07. The molecule has 0 bridgehead atoms. The summed E-state index contributed by atoms with van der Waals surface area (Å²) in [5.41, 5.74) is 5.62. The number of rotatable bonds is 4. The first-order valence-electron chi connectivity index (χ1n) is 4.39. The molecule has 0 spiro atoms. The monoisotopic (exact) mass is 217 g/mol. The third kappa shape index (κ3) is 2.72. The van der Waals surface area contributed by atoms with Gasteiger partial charge in [0.05, 0.1) is 7.11 Å². The fourth-order valence-corrected chi connectivity index (χ4v) is 0.974. The van der Waals surface area contributed by atoms with Gasteiger partial charge in [0, 0.05) is 12.3 Å². The van der Waals surface area contributed by atoms with Gasteiger partial charge in [-0.2, -0.15) is 10.2 Å². The second-order valence-electron chi connectivity index (χ2n) is 2.77. The molecule has 0 aliphatic heterocycles. The molecular formula is C10H11N5O. The molecule has 0 aromatic carbocycles. The van der Waals surface area contributed by atoms with Crippen LogP contribution in [0.2, 0.25) is 0 Å². The van der Waals surface area contributed by atoms with Crippen molar-refractivity contribution >= 4 is 12.0 Å². The Bertz CT molecular complexity index is 461. The van der Waals surface area contributed by atoms with E-state index in [9.17, 15) is 0 Å². The number of ether oxygens (including phenoxy) is 1. The zero-order valence-corrected chi connectivity index (χ0v) is 8.69. The van der Waals surface area contributed by atoms with Crippen LogP contribution in [0.15, 0.2) is 29.6 Å². The summed E-state index contributed by atoms with van der Waals surface area (Å²) in [6.45, 7) is 0. The molecule has 4 N–H and O–H groups in total. The third-order valence-electron chi connectivity index (χ3n) is 1.75. The predicted molar refractivity (Wildman–Crippen MR) is 60.0 cm³/mol. The van der Waals surface area contributed by atoms with E-state index in [0.717, 1.165) is 6.21 Å². The summed E-state index contributed by atoms with van der Waals surface area (Å²) in [4.78, 5) is 4.05. The van der Waals surface area contributed by atoms with Crippen molar-refractivity contribution in [1.29, 1.82) is 10.7 Å². The first-order chi connectivity index (χ1) is 7.71. The van der Waals surface area contributed by atoms with Crippen molar-refractivity contribution in [2.24, 2.45) is 5.73 Å². The average Bonchev–Trinajstić information content (AvgIpc) is 2.31. The Morgan fingerprint density at radius 3 is 3.00 bits per heavy atom. The van der Waals surface area contributed by atoms with Gasteiger partial charge in [-0.25, -0.2) is 0 Å². The van der Waals surface area contributed by atoms with Crippen LogP contribution in [-0.2, 0) is 0 Å². The summed E-state index contributed by atoms with van der Waals surface area (Å²) in [7, 11) is 1.50. The van der Waals surface area contributed by atoms with Gasteiger partial charge in [0.1, 0.15) is 23.3 Å². The number of aromatic nitrogens is 1. The Kier molecular flexibility index (Phi) is 3.86. The van der Waals surface area contributed by atoms with Gasteiger partial charge in [-0.3, -0.25) is 0 Å². The van der Waals surface area contributed by atoms with Crippen molar-refractivity contribution in [3.63, 3.8) is 0 Å². The minimum atomic E-state index is 0.0459. The number of allylic oxidation sites excluding steroid dienone is 1. The van der Waals surface area contributed by atoms with E-state index in [2.05, 4.69) is 10.3 Å². The zero-order valence-electron chi connectivity index (χ0n) is 8.69. The van der Waals surface area contributed by atoms with E-state index in [0.29, 0.717) is 11.7 Å². The van der Waals surface area contributed by atoms with Crippen molar-refractivity contribution in [2.45, 2.75) is 0 Å². The molecule has 1 rings (SSSR count). The van der Waals surface area contributed by atoms with Gasteiger partial charge in [-0.1, -0.05) is 6.07 Å². The molecule has 0 aliphatic carbocycles. The predicted octanol–water partition coefficient (Wildman–Crippen LogP) is 0.846. The summed E-state index contributed by atoms with van der Waals surface area (Å²) in [5, 5.41) is 18.3. The molecule has 1 heterocycles. The molecule has 1 aromatic heterocycles. The highest BCUT2D eigenvalue weighted by Crippen LogP contribution is 2.11. The highest BCUT2D eigenvalue weighted by atomic mass is 16.5. The van der Waals surface area contributed by atoms with Crippen LogP contribution in [0.1, 0.15) is 0 Å². The van der Waals surface area contributed by atoms with E-state index in [1.807, 2.05) is 0 Å². The summed E-state index contributed by atoms with van der Waals surface area (Å²) in [6.07, 6.45) is 0.877. The van der Waals surface area contributed by atoms with Crippen LogP contribution in [0.4, 0.5) is 5.82 Å². The molecule has 6 heteroatoms. The molecule has 0 aliphatic rings. The van der Waals surface area contributed by atoms with Crippen molar-refractivity contribution in [1.82, 2.24) is 4.98 Å². The van der Waals surface area contributed by atoms with Gasteiger partial charge in [0.15, 0.2) is 0 Å². The van der Waals surface area contributed by atoms with Crippen molar-refractivity contribution < 1.29 is 4.74 Å². The first-order valence-corrected chi connectivity index (χ1v) is 4.39. The average molecular weight is 217 g/mol. The largest absolute Gasteiger partial charge is 0.481 e. The fraction of sp³-hybridized carbons (Fsp3) is 0.100. The molecular weight excluding hydrogens is 206 g/mol. The van der Waals surface area contributed by atoms with Gasteiger partial charge >= 0.3 is 0 Å². The summed E-state index contributed by atoms with van der Waals surface area (Å²) >= 11 is 0. The van der Waals surface area contributed by atoms with E-state index in [1.54, 1.807) is 24.3 Å². The molecule has 16 heavy (non-hydrogen) atoms. The SMILES string of the molecule is COc1cccc(N/C(N)=C(/C#N)C=N)n1. The first kappa shape index (κ1) is 11.5. The number of nitriles is 1. The molecule has 0 saturated carbocycles. The number of anilines is 1.